The number of benzene rings is 2. The van der Waals surface area contributed by atoms with Crippen LogP contribution >= 0.6 is 15.9 Å². The Morgan fingerprint density at radius 1 is 1.08 bits per heavy atom. The molecule has 2 aromatic rings. The summed E-state index contributed by atoms with van der Waals surface area (Å²) >= 11 is 3.51. The molecule has 3 fully saturated rings. The summed E-state index contributed by atoms with van der Waals surface area (Å²) in [6.07, 6.45) is 5.03. The molecule has 39 heavy (non-hydrogen) atoms. The number of piperazine rings is 1. The van der Waals surface area contributed by atoms with Gasteiger partial charge in [-0.3, -0.25) is 14.5 Å². The Bertz CT molecular complexity index is 1130. The molecule has 2 aliphatic heterocycles. The van der Waals surface area contributed by atoms with Crippen LogP contribution in [0.3, 0.4) is 0 Å². The highest BCUT2D eigenvalue weighted by atomic mass is 79.9. The number of hydrogen-bond donors (Lipinski definition) is 0. The number of carbonyl (C=O) groups is 2. The molecule has 210 valence electrons. The number of rotatable bonds is 10. The lowest BCUT2D eigenvalue weighted by atomic mass is 9.95. The third kappa shape index (κ3) is 7.41. The van der Waals surface area contributed by atoms with Crippen LogP contribution in [0, 0.1) is 5.92 Å². The van der Waals surface area contributed by atoms with Gasteiger partial charge in [-0.2, -0.15) is 0 Å². The molecule has 1 unspecified atom stereocenters. The lowest BCUT2D eigenvalue weighted by molar-refractivity contribution is -0.137. The molecule has 0 aromatic heterocycles. The molecule has 1 amide bonds. The van der Waals surface area contributed by atoms with Crippen LogP contribution in [0.15, 0.2) is 53.0 Å². The highest BCUT2D eigenvalue weighted by molar-refractivity contribution is 9.10. The van der Waals surface area contributed by atoms with E-state index in [9.17, 15) is 9.59 Å². The zero-order chi connectivity index (χ0) is 27.4. The van der Waals surface area contributed by atoms with Crippen LogP contribution in [0.4, 0.5) is 5.69 Å². The van der Waals surface area contributed by atoms with E-state index in [2.05, 4.69) is 60.8 Å². The third-order valence-electron chi connectivity index (χ3n) is 8.22. The largest absolute Gasteiger partial charge is 0.479 e. The Balaban J connectivity index is 1.23. The zero-order valence-electron chi connectivity index (χ0n) is 23.2. The topological polar surface area (TPSA) is 56.3 Å². The van der Waals surface area contributed by atoms with Crippen molar-refractivity contribution < 1.29 is 14.3 Å². The number of halogens is 1. The number of hydrogen-bond acceptors (Lipinski definition) is 6. The molecule has 2 atom stereocenters. The highest BCUT2D eigenvalue weighted by Crippen LogP contribution is 2.33. The standard InChI is InChI=1S/C31H41BrN4O3/c1-31(23-37,22-34-17-15-33(2)16-18-34)39-29-7-3-6-28(19-29)35-14-4-5-25(21-35)30(38)36(27-12-13-27)20-24-8-10-26(32)11-9-24/h3,6-11,19,23,25,27H,4-5,12-18,20-22H2,1-2H3/t25-,31?/m1/s1. The molecular weight excluding hydrogens is 556 g/mol. The Hall–Kier alpha value is -2.42. The maximum absolute atomic E-state index is 13.7. The minimum absolute atomic E-state index is 0.0168. The van der Waals surface area contributed by atoms with Crippen molar-refractivity contribution in [3.63, 3.8) is 0 Å². The first-order valence-electron chi connectivity index (χ1n) is 14.3. The van der Waals surface area contributed by atoms with E-state index in [0.29, 0.717) is 31.4 Å². The minimum Gasteiger partial charge on any atom is -0.479 e. The van der Waals surface area contributed by atoms with Gasteiger partial charge in [0.1, 0.15) is 5.75 Å². The van der Waals surface area contributed by atoms with Crippen LogP contribution < -0.4 is 9.64 Å². The van der Waals surface area contributed by atoms with Crippen molar-refractivity contribution in [3.05, 3.63) is 58.6 Å². The molecule has 0 spiro atoms. The van der Waals surface area contributed by atoms with Gasteiger partial charge in [-0.25, -0.2) is 0 Å². The molecule has 2 heterocycles. The molecule has 0 bridgehead atoms. The second kappa shape index (κ2) is 12.4. The summed E-state index contributed by atoms with van der Waals surface area (Å²) in [4.78, 5) is 34.9. The molecule has 3 aliphatic rings. The van der Waals surface area contributed by atoms with Gasteiger partial charge < -0.3 is 19.4 Å². The number of amides is 1. The van der Waals surface area contributed by atoms with Crippen molar-refractivity contribution >= 4 is 33.8 Å². The maximum atomic E-state index is 13.7. The Morgan fingerprint density at radius 3 is 2.51 bits per heavy atom. The van der Waals surface area contributed by atoms with Crippen LogP contribution in [-0.2, 0) is 16.1 Å². The number of nitrogens with zero attached hydrogens (tertiary/aromatic N) is 4. The summed E-state index contributed by atoms with van der Waals surface area (Å²) in [7, 11) is 2.13. The summed E-state index contributed by atoms with van der Waals surface area (Å²) in [6, 6.07) is 16.7. The van der Waals surface area contributed by atoms with Gasteiger partial charge in [0.15, 0.2) is 11.9 Å². The van der Waals surface area contributed by atoms with Crippen LogP contribution in [0.25, 0.3) is 0 Å². The fourth-order valence-electron chi connectivity index (χ4n) is 5.76. The second-order valence-electron chi connectivity index (χ2n) is 11.7. The summed E-state index contributed by atoms with van der Waals surface area (Å²) < 4.78 is 7.36. The second-order valence-corrected chi connectivity index (χ2v) is 12.6. The van der Waals surface area contributed by atoms with E-state index in [1.54, 1.807) is 0 Å². The van der Waals surface area contributed by atoms with E-state index in [0.717, 1.165) is 74.9 Å². The Kier molecular flexibility index (Phi) is 8.94. The predicted molar refractivity (Wildman–Crippen MR) is 158 cm³/mol. The molecule has 0 N–H and O–H groups in total. The van der Waals surface area contributed by atoms with Gasteiger partial charge in [0.2, 0.25) is 5.91 Å². The van der Waals surface area contributed by atoms with E-state index in [4.69, 9.17) is 4.74 Å². The van der Waals surface area contributed by atoms with Crippen molar-refractivity contribution in [1.29, 1.82) is 0 Å². The molecule has 7 nitrogen and oxygen atoms in total. The first-order valence-corrected chi connectivity index (χ1v) is 15.1. The summed E-state index contributed by atoms with van der Waals surface area (Å²) in [5.74, 6) is 0.953. The van der Waals surface area contributed by atoms with Gasteiger partial charge in [0.25, 0.3) is 0 Å². The molecule has 1 aliphatic carbocycles. The fraction of sp³-hybridized carbons (Fsp3) is 0.548. The molecule has 2 aromatic carbocycles. The Morgan fingerprint density at radius 2 is 1.82 bits per heavy atom. The number of likely N-dealkylation sites (N-methyl/N-ethyl adjacent to an activating group) is 1. The monoisotopic (exact) mass is 596 g/mol. The normalized spacial score (nSPS) is 22.2. The smallest absolute Gasteiger partial charge is 0.228 e. The van der Waals surface area contributed by atoms with Gasteiger partial charge in [-0.1, -0.05) is 34.1 Å². The van der Waals surface area contributed by atoms with Gasteiger partial charge in [-0.15, -0.1) is 0 Å². The molecular formula is C31H41BrN4O3. The van der Waals surface area contributed by atoms with Crippen LogP contribution in [-0.4, -0.2) is 91.4 Å². The Labute approximate surface area is 241 Å². The van der Waals surface area contributed by atoms with Gasteiger partial charge in [0.05, 0.1) is 5.92 Å². The average molecular weight is 598 g/mol. The van der Waals surface area contributed by atoms with E-state index < -0.39 is 5.60 Å². The number of ether oxygens (including phenoxy) is 1. The summed E-state index contributed by atoms with van der Waals surface area (Å²) in [5.41, 5.74) is 1.31. The number of piperidine rings is 1. The van der Waals surface area contributed by atoms with Crippen molar-refractivity contribution in [2.75, 3.05) is 57.8 Å². The minimum atomic E-state index is -0.910. The molecule has 0 radical (unpaired) electrons. The average Bonchev–Trinajstić information content (AvgIpc) is 3.79. The van der Waals surface area contributed by atoms with E-state index in [-0.39, 0.29) is 11.8 Å². The van der Waals surface area contributed by atoms with Crippen LogP contribution in [0.2, 0.25) is 0 Å². The molecule has 1 saturated carbocycles. The van der Waals surface area contributed by atoms with Gasteiger partial charge in [0, 0.05) is 74.6 Å². The van der Waals surface area contributed by atoms with Crippen molar-refractivity contribution in [3.8, 4) is 5.75 Å². The number of carbonyl (C=O) groups excluding carboxylic acids is 2. The van der Waals surface area contributed by atoms with Gasteiger partial charge in [-0.05, 0) is 69.5 Å². The molecule has 2 saturated heterocycles. The summed E-state index contributed by atoms with van der Waals surface area (Å²) in [5, 5.41) is 0. The van der Waals surface area contributed by atoms with E-state index in [1.165, 1.54) is 5.56 Å². The third-order valence-corrected chi connectivity index (χ3v) is 8.75. The lowest BCUT2D eigenvalue weighted by Gasteiger charge is -2.38. The first-order chi connectivity index (χ1) is 18.8. The zero-order valence-corrected chi connectivity index (χ0v) is 24.8. The van der Waals surface area contributed by atoms with Gasteiger partial charge >= 0.3 is 0 Å². The molecule has 5 rings (SSSR count). The van der Waals surface area contributed by atoms with Crippen LogP contribution in [0.1, 0.15) is 38.2 Å². The number of anilines is 1. The van der Waals surface area contributed by atoms with Crippen LogP contribution in [0.5, 0.6) is 5.75 Å². The van der Waals surface area contributed by atoms with Crippen molar-refractivity contribution in [2.45, 2.75) is 50.8 Å². The lowest BCUT2D eigenvalue weighted by Crippen LogP contribution is -2.52. The van der Waals surface area contributed by atoms with E-state index >= 15 is 0 Å². The van der Waals surface area contributed by atoms with Crippen molar-refractivity contribution in [2.24, 2.45) is 5.92 Å². The number of aldehydes is 1. The van der Waals surface area contributed by atoms with Crippen molar-refractivity contribution in [1.82, 2.24) is 14.7 Å². The molecule has 8 heteroatoms. The predicted octanol–water partition coefficient (Wildman–Crippen LogP) is 4.44. The quantitative estimate of drug-likeness (QED) is 0.378. The highest BCUT2D eigenvalue weighted by Gasteiger charge is 2.37. The summed E-state index contributed by atoms with van der Waals surface area (Å²) in [6.45, 7) is 8.62. The first kappa shape index (κ1) is 28.1. The fourth-order valence-corrected chi connectivity index (χ4v) is 6.03. The van der Waals surface area contributed by atoms with E-state index in [1.807, 2.05) is 37.3 Å². The SMILES string of the molecule is CN1CCN(CC(C)(C=O)Oc2cccc(N3CCC[C@@H](C(=O)N(Cc4ccc(Br)cc4)C4CC4)C3)c2)CC1. The maximum Gasteiger partial charge on any atom is 0.228 e.